The first-order chi connectivity index (χ1) is 13.9. The van der Waals surface area contributed by atoms with Gasteiger partial charge in [-0.2, -0.15) is 0 Å². The lowest BCUT2D eigenvalue weighted by molar-refractivity contribution is 0.0694. The molecule has 1 aromatic heterocycles. The molecule has 0 unspecified atom stereocenters. The maximum atomic E-state index is 14.3. The van der Waals surface area contributed by atoms with Gasteiger partial charge < -0.3 is 14.8 Å². The number of benzene rings is 2. The molecule has 2 N–H and O–H groups in total. The van der Waals surface area contributed by atoms with Crippen LogP contribution in [0.4, 0.5) is 4.39 Å². The summed E-state index contributed by atoms with van der Waals surface area (Å²) in [6, 6.07) is 8.00. The molecule has 1 heterocycles. The topological polar surface area (TPSA) is 79.5 Å². The molecule has 1 aliphatic carbocycles. The summed E-state index contributed by atoms with van der Waals surface area (Å²) in [5, 5.41) is 20.3. The zero-order valence-corrected chi connectivity index (χ0v) is 16.2. The minimum atomic E-state index is -1.34. The molecule has 0 saturated heterocycles. The fourth-order valence-electron chi connectivity index (χ4n) is 4.13. The zero-order valence-electron chi connectivity index (χ0n) is 15.5. The fraction of sp³-hybridized carbons (Fsp3) is 0.273. The van der Waals surface area contributed by atoms with Gasteiger partial charge in [0, 0.05) is 18.7 Å². The number of phenols is 1. The Balaban J connectivity index is 1.93. The standard InChI is InChI=1S/C22H19ClFNO4/c23-16-7-3-4-12(19(16)24)10-13-8-9-17-18(20(13)26)21(27)15(22(28)29)11-25(17)14-5-1-2-6-14/h3-4,7-9,11,14,26H,1-2,5-6,10H2,(H,28,29). The number of aromatic hydroxyl groups is 1. The second-order valence-corrected chi connectivity index (χ2v) is 7.79. The Morgan fingerprint density at radius 1 is 1.17 bits per heavy atom. The summed E-state index contributed by atoms with van der Waals surface area (Å²) in [4.78, 5) is 24.5. The lowest BCUT2D eigenvalue weighted by Gasteiger charge is -2.20. The van der Waals surface area contributed by atoms with E-state index in [0.29, 0.717) is 11.1 Å². The zero-order chi connectivity index (χ0) is 20.7. The largest absolute Gasteiger partial charge is 0.507 e. The van der Waals surface area contributed by atoms with Crippen LogP contribution in [-0.4, -0.2) is 20.7 Å². The molecule has 29 heavy (non-hydrogen) atoms. The third-order valence-corrected chi connectivity index (χ3v) is 5.91. The number of hydrogen-bond donors (Lipinski definition) is 2. The van der Waals surface area contributed by atoms with Gasteiger partial charge in [0.25, 0.3) is 0 Å². The van der Waals surface area contributed by atoms with E-state index in [1.165, 1.54) is 12.3 Å². The van der Waals surface area contributed by atoms with Crippen molar-refractivity contribution in [1.29, 1.82) is 0 Å². The van der Waals surface area contributed by atoms with Crippen molar-refractivity contribution >= 4 is 28.5 Å². The lowest BCUT2D eigenvalue weighted by Crippen LogP contribution is -2.21. The minimum Gasteiger partial charge on any atom is -0.507 e. The van der Waals surface area contributed by atoms with E-state index in [-0.39, 0.29) is 39.7 Å². The van der Waals surface area contributed by atoms with Gasteiger partial charge in [0.05, 0.1) is 15.9 Å². The molecule has 0 spiro atoms. The number of nitrogens with zero attached hydrogens (tertiary/aromatic N) is 1. The van der Waals surface area contributed by atoms with Gasteiger partial charge in [-0.3, -0.25) is 4.79 Å². The van der Waals surface area contributed by atoms with Crippen molar-refractivity contribution in [1.82, 2.24) is 4.57 Å². The van der Waals surface area contributed by atoms with Gasteiger partial charge in [-0.05, 0) is 36.1 Å². The van der Waals surface area contributed by atoms with Crippen LogP contribution in [0.1, 0.15) is 53.2 Å². The van der Waals surface area contributed by atoms with Gasteiger partial charge in [-0.15, -0.1) is 0 Å². The van der Waals surface area contributed by atoms with E-state index < -0.39 is 17.2 Å². The van der Waals surface area contributed by atoms with Gasteiger partial charge in [-0.25, -0.2) is 9.18 Å². The summed E-state index contributed by atoms with van der Waals surface area (Å²) in [6.45, 7) is 0. The number of phenolic OH excluding ortho intramolecular Hbond substituents is 1. The molecule has 0 bridgehead atoms. The fourth-order valence-corrected chi connectivity index (χ4v) is 4.33. The second kappa shape index (κ2) is 7.52. The molecule has 0 radical (unpaired) electrons. The third-order valence-electron chi connectivity index (χ3n) is 5.62. The van der Waals surface area contributed by atoms with Crippen molar-refractivity contribution < 1.29 is 19.4 Å². The first-order valence-electron chi connectivity index (χ1n) is 9.44. The monoisotopic (exact) mass is 415 g/mol. The SMILES string of the molecule is O=C(O)c1cn(C2CCCC2)c2ccc(Cc3cccc(Cl)c3F)c(O)c2c1=O. The Labute approximate surface area is 171 Å². The van der Waals surface area contributed by atoms with E-state index in [1.807, 2.05) is 0 Å². The molecule has 3 aromatic rings. The molecular weight excluding hydrogens is 397 g/mol. The van der Waals surface area contributed by atoms with Gasteiger partial charge in [0.1, 0.15) is 17.1 Å². The highest BCUT2D eigenvalue weighted by molar-refractivity contribution is 6.30. The number of aromatic nitrogens is 1. The van der Waals surface area contributed by atoms with Crippen molar-refractivity contribution in [2.24, 2.45) is 0 Å². The third kappa shape index (κ3) is 3.38. The summed E-state index contributed by atoms with van der Waals surface area (Å²) in [5.41, 5.74) is -0.0351. The van der Waals surface area contributed by atoms with Crippen molar-refractivity contribution in [2.75, 3.05) is 0 Å². The normalized spacial score (nSPS) is 14.6. The van der Waals surface area contributed by atoms with E-state index >= 15 is 0 Å². The maximum absolute atomic E-state index is 14.3. The number of carboxylic acids is 1. The van der Waals surface area contributed by atoms with Gasteiger partial charge in [0.2, 0.25) is 5.43 Å². The lowest BCUT2D eigenvalue weighted by atomic mass is 9.99. The molecule has 0 atom stereocenters. The smallest absolute Gasteiger partial charge is 0.341 e. The minimum absolute atomic E-state index is 0.0222. The van der Waals surface area contributed by atoms with E-state index in [1.54, 1.807) is 28.8 Å². The molecule has 5 nitrogen and oxygen atoms in total. The van der Waals surface area contributed by atoms with E-state index in [9.17, 15) is 24.2 Å². The Kier molecular flexibility index (Phi) is 5.04. The van der Waals surface area contributed by atoms with E-state index in [2.05, 4.69) is 0 Å². The molecule has 2 aromatic carbocycles. The predicted molar refractivity (Wildman–Crippen MR) is 109 cm³/mol. The van der Waals surface area contributed by atoms with Crippen LogP contribution in [-0.2, 0) is 6.42 Å². The number of aromatic carboxylic acids is 1. The molecule has 4 rings (SSSR count). The molecular formula is C22H19ClFNO4. The van der Waals surface area contributed by atoms with E-state index in [4.69, 9.17) is 11.6 Å². The number of pyridine rings is 1. The van der Waals surface area contributed by atoms with E-state index in [0.717, 1.165) is 25.7 Å². The molecule has 7 heteroatoms. The van der Waals surface area contributed by atoms with Crippen molar-refractivity contribution in [3.8, 4) is 5.75 Å². The van der Waals surface area contributed by atoms with Crippen LogP contribution < -0.4 is 5.43 Å². The average Bonchev–Trinajstić information content (AvgIpc) is 3.21. The summed E-state index contributed by atoms with van der Waals surface area (Å²) in [5.74, 6) is -2.24. The molecule has 0 amide bonds. The number of halogens is 2. The van der Waals surface area contributed by atoms with Crippen LogP contribution in [0.2, 0.25) is 5.02 Å². The van der Waals surface area contributed by atoms with Crippen molar-refractivity contribution in [3.05, 3.63) is 74.3 Å². The van der Waals surface area contributed by atoms with Gasteiger partial charge >= 0.3 is 5.97 Å². The number of carboxylic acid groups (broad SMARTS) is 1. The summed E-state index contributed by atoms with van der Waals surface area (Å²) >= 11 is 5.83. The van der Waals surface area contributed by atoms with Gasteiger partial charge in [0.15, 0.2) is 0 Å². The van der Waals surface area contributed by atoms with Crippen molar-refractivity contribution in [3.63, 3.8) is 0 Å². The molecule has 0 aliphatic heterocycles. The summed E-state index contributed by atoms with van der Waals surface area (Å²) in [7, 11) is 0. The van der Waals surface area contributed by atoms with Crippen LogP contribution in [0.25, 0.3) is 10.9 Å². The molecule has 1 fully saturated rings. The predicted octanol–water partition coefficient (Wildman–Crippen LogP) is 4.90. The van der Waals surface area contributed by atoms with Crippen molar-refractivity contribution in [2.45, 2.75) is 38.1 Å². The van der Waals surface area contributed by atoms with Crippen LogP contribution >= 0.6 is 11.6 Å². The Hall–Kier alpha value is -2.86. The van der Waals surface area contributed by atoms with Crippen LogP contribution in [0.5, 0.6) is 5.75 Å². The number of hydrogen-bond acceptors (Lipinski definition) is 3. The average molecular weight is 416 g/mol. The highest BCUT2D eigenvalue weighted by atomic mass is 35.5. The first-order valence-corrected chi connectivity index (χ1v) is 9.82. The molecule has 1 aliphatic rings. The maximum Gasteiger partial charge on any atom is 0.341 e. The number of carbonyl (C=O) groups is 1. The Morgan fingerprint density at radius 2 is 1.90 bits per heavy atom. The summed E-state index contributed by atoms with van der Waals surface area (Å²) in [6.07, 6.45) is 5.21. The molecule has 1 saturated carbocycles. The highest BCUT2D eigenvalue weighted by Gasteiger charge is 2.24. The summed E-state index contributed by atoms with van der Waals surface area (Å²) < 4.78 is 16.1. The number of rotatable bonds is 4. The second-order valence-electron chi connectivity index (χ2n) is 7.38. The highest BCUT2D eigenvalue weighted by Crippen LogP contribution is 2.35. The quantitative estimate of drug-likeness (QED) is 0.635. The van der Waals surface area contributed by atoms with Crippen LogP contribution in [0.3, 0.4) is 0 Å². The number of fused-ring (bicyclic) bond motifs is 1. The van der Waals surface area contributed by atoms with Crippen LogP contribution in [0.15, 0.2) is 41.3 Å². The first kappa shape index (κ1) is 19.5. The Morgan fingerprint density at radius 3 is 2.59 bits per heavy atom. The Bertz CT molecular complexity index is 1180. The molecule has 150 valence electrons. The van der Waals surface area contributed by atoms with Gasteiger partial charge in [-0.1, -0.05) is 42.6 Å². The van der Waals surface area contributed by atoms with Crippen LogP contribution in [0, 0.1) is 5.82 Å².